The van der Waals surface area contributed by atoms with Crippen molar-refractivity contribution in [2.75, 3.05) is 0 Å². The van der Waals surface area contributed by atoms with Crippen LogP contribution in [0.15, 0.2) is 24.3 Å². The van der Waals surface area contributed by atoms with Gasteiger partial charge in [0, 0.05) is 0 Å². The Labute approximate surface area is 92.1 Å². The van der Waals surface area contributed by atoms with Crippen LogP contribution in [0.4, 0.5) is 0 Å². The maximum Gasteiger partial charge on any atom is 0.115 e. The molecule has 1 aliphatic rings. The summed E-state index contributed by atoms with van der Waals surface area (Å²) in [6.45, 7) is 0. The summed E-state index contributed by atoms with van der Waals surface area (Å²) in [7, 11) is 0. The summed E-state index contributed by atoms with van der Waals surface area (Å²) in [5.74, 6) is 1.32. The average molecular weight is 204 g/mol. The number of benzene rings is 1. The second-order valence-corrected chi connectivity index (χ2v) is 4.71. The van der Waals surface area contributed by atoms with Crippen molar-refractivity contribution in [1.82, 2.24) is 0 Å². The minimum atomic E-state index is 0.372. The average Bonchev–Trinajstić information content (AvgIpc) is 2.30. The van der Waals surface area contributed by atoms with Crippen LogP contribution in [0.5, 0.6) is 5.75 Å². The summed E-state index contributed by atoms with van der Waals surface area (Å²) in [4.78, 5) is 0. The maximum atomic E-state index is 9.17. The lowest BCUT2D eigenvalue weighted by Crippen LogP contribution is -2.07. The molecule has 0 amide bonds. The minimum Gasteiger partial charge on any atom is -0.508 e. The summed E-state index contributed by atoms with van der Waals surface area (Å²) < 4.78 is 0. The van der Waals surface area contributed by atoms with E-state index in [0.717, 1.165) is 5.92 Å². The van der Waals surface area contributed by atoms with Crippen molar-refractivity contribution in [3.8, 4) is 5.75 Å². The molecule has 82 valence electrons. The molecule has 1 saturated carbocycles. The van der Waals surface area contributed by atoms with Crippen LogP contribution in [0.25, 0.3) is 0 Å². The first-order valence-corrected chi connectivity index (χ1v) is 6.12. The van der Waals surface area contributed by atoms with Gasteiger partial charge in [-0.25, -0.2) is 0 Å². The van der Waals surface area contributed by atoms with Crippen molar-refractivity contribution in [3.63, 3.8) is 0 Å². The van der Waals surface area contributed by atoms with Gasteiger partial charge in [0.2, 0.25) is 0 Å². The molecule has 1 heteroatoms. The Kier molecular flexibility index (Phi) is 3.65. The van der Waals surface area contributed by atoms with E-state index < -0.39 is 0 Å². The second-order valence-electron chi connectivity index (χ2n) is 4.71. The molecule has 0 bridgehead atoms. The molecular formula is C14H20O. The van der Waals surface area contributed by atoms with Crippen molar-refractivity contribution >= 4 is 0 Å². The predicted octanol–water partition coefficient (Wildman–Crippen LogP) is 3.91. The number of aromatic hydroxyl groups is 1. The van der Waals surface area contributed by atoms with E-state index in [-0.39, 0.29) is 0 Å². The first-order chi connectivity index (χ1) is 7.34. The maximum absolute atomic E-state index is 9.17. The Morgan fingerprint density at radius 1 is 1.00 bits per heavy atom. The smallest absolute Gasteiger partial charge is 0.115 e. The van der Waals surface area contributed by atoms with Crippen LogP contribution in [0, 0.1) is 5.92 Å². The van der Waals surface area contributed by atoms with Crippen molar-refractivity contribution in [2.24, 2.45) is 5.92 Å². The highest BCUT2D eigenvalue weighted by atomic mass is 16.3. The van der Waals surface area contributed by atoms with Crippen LogP contribution in [0.3, 0.4) is 0 Å². The van der Waals surface area contributed by atoms with Gasteiger partial charge in [-0.2, -0.15) is 0 Å². The van der Waals surface area contributed by atoms with Crippen molar-refractivity contribution in [3.05, 3.63) is 29.8 Å². The van der Waals surface area contributed by atoms with Gasteiger partial charge in [-0.3, -0.25) is 0 Å². The van der Waals surface area contributed by atoms with Crippen molar-refractivity contribution < 1.29 is 5.11 Å². The Balaban J connectivity index is 1.79. The molecule has 0 unspecified atom stereocenters. The normalized spacial score (nSPS) is 17.9. The Bertz CT molecular complexity index is 283. The molecule has 0 aromatic heterocycles. The predicted molar refractivity (Wildman–Crippen MR) is 63.0 cm³/mol. The van der Waals surface area contributed by atoms with Gasteiger partial charge in [-0.05, 0) is 36.5 Å². The van der Waals surface area contributed by atoms with Gasteiger partial charge >= 0.3 is 0 Å². The van der Waals surface area contributed by atoms with E-state index >= 15 is 0 Å². The third-order valence-corrected chi connectivity index (χ3v) is 3.50. The Morgan fingerprint density at radius 2 is 1.67 bits per heavy atom. The number of rotatable bonds is 3. The van der Waals surface area contributed by atoms with Crippen LogP contribution in [-0.4, -0.2) is 5.11 Å². The van der Waals surface area contributed by atoms with E-state index in [4.69, 9.17) is 0 Å². The third kappa shape index (κ3) is 3.26. The van der Waals surface area contributed by atoms with E-state index in [1.165, 1.54) is 50.5 Å². The van der Waals surface area contributed by atoms with E-state index in [1.54, 1.807) is 12.1 Å². The zero-order valence-corrected chi connectivity index (χ0v) is 9.28. The van der Waals surface area contributed by atoms with Gasteiger partial charge in [0.15, 0.2) is 0 Å². The molecule has 0 heterocycles. The lowest BCUT2D eigenvalue weighted by atomic mass is 9.85. The number of hydrogen-bond donors (Lipinski definition) is 1. The van der Waals surface area contributed by atoms with E-state index in [2.05, 4.69) is 0 Å². The molecule has 15 heavy (non-hydrogen) atoms. The molecule has 1 aromatic carbocycles. The van der Waals surface area contributed by atoms with Crippen LogP contribution < -0.4 is 0 Å². The number of aryl methyl sites for hydroxylation is 1. The lowest BCUT2D eigenvalue weighted by molar-refractivity contribution is 0.339. The monoisotopic (exact) mass is 204 g/mol. The van der Waals surface area contributed by atoms with Gasteiger partial charge < -0.3 is 5.11 Å². The molecule has 1 nitrogen and oxygen atoms in total. The van der Waals surface area contributed by atoms with E-state index in [1.807, 2.05) is 12.1 Å². The molecular weight excluding hydrogens is 184 g/mol. The highest BCUT2D eigenvalue weighted by Crippen LogP contribution is 2.27. The van der Waals surface area contributed by atoms with E-state index in [9.17, 15) is 5.11 Å². The van der Waals surface area contributed by atoms with Gasteiger partial charge in [-0.15, -0.1) is 0 Å². The molecule has 1 fully saturated rings. The molecule has 0 spiro atoms. The molecule has 0 saturated heterocycles. The zero-order chi connectivity index (χ0) is 10.5. The standard InChI is InChI=1S/C14H20O/c15-14-10-8-13(9-11-14)7-6-12-4-2-1-3-5-12/h8-12,15H,1-7H2. The molecule has 0 radical (unpaired) electrons. The van der Waals surface area contributed by atoms with Crippen LogP contribution in [-0.2, 0) is 6.42 Å². The van der Waals surface area contributed by atoms with Crippen LogP contribution in [0.2, 0.25) is 0 Å². The lowest BCUT2D eigenvalue weighted by Gasteiger charge is -2.21. The summed E-state index contributed by atoms with van der Waals surface area (Å²) >= 11 is 0. The molecule has 0 aliphatic heterocycles. The van der Waals surface area contributed by atoms with E-state index in [0.29, 0.717) is 5.75 Å². The van der Waals surface area contributed by atoms with Gasteiger partial charge in [0.25, 0.3) is 0 Å². The topological polar surface area (TPSA) is 20.2 Å². The third-order valence-electron chi connectivity index (χ3n) is 3.50. The fraction of sp³-hybridized carbons (Fsp3) is 0.571. The second kappa shape index (κ2) is 5.20. The summed E-state index contributed by atoms with van der Waals surface area (Å²) in [6, 6.07) is 7.66. The SMILES string of the molecule is Oc1ccc(CCC2CCCCC2)cc1. The molecule has 2 rings (SSSR count). The Hall–Kier alpha value is -0.980. The molecule has 1 aromatic rings. The summed E-state index contributed by atoms with van der Waals surface area (Å²) in [5, 5.41) is 9.17. The van der Waals surface area contributed by atoms with Gasteiger partial charge in [0.05, 0.1) is 0 Å². The Morgan fingerprint density at radius 3 is 2.33 bits per heavy atom. The molecule has 1 aliphatic carbocycles. The first-order valence-electron chi connectivity index (χ1n) is 6.12. The quantitative estimate of drug-likeness (QED) is 0.791. The number of hydrogen-bond acceptors (Lipinski definition) is 1. The van der Waals surface area contributed by atoms with Crippen LogP contribution in [0.1, 0.15) is 44.1 Å². The highest BCUT2D eigenvalue weighted by Gasteiger charge is 2.12. The van der Waals surface area contributed by atoms with Crippen molar-refractivity contribution in [2.45, 2.75) is 44.9 Å². The molecule has 0 atom stereocenters. The summed E-state index contributed by atoms with van der Waals surface area (Å²) in [6.07, 6.45) is 9.65. The first kappa shape index (κ1) is 10.5. The van der Waals surface area contributed by atoms with Gasteiger partial charge in [0.1, 0.15) is 5.75 Å². The van der Waals surface area contributed by atoms with Gasteiger partial charge in [-0.1, -0.05) is 44.2 Å². The van der Waals surface area contributed by atoms with Crippen LogP contribution >= 0.6 is 0 Å². The highest BCUT2D eigenvalue weighted by molar-refractivity contribution is 5.25. The largest absolute Gasteiger partial charge is 0.508 e. The summed E-state index contributed by atoms with van der Waals surface area (Å²) in [5.41, 5.74) is 1.36. The fourth-order valence-corrected chi connectivity index (χ4v) is 2.51. The minimum absolute atomic E-state index is 0.372. The molecule has 1 N–H and O–H groups in total. The zero-order valence-electron chi connectivity index (χ0n) is 9.28. The number of phenols is 1. The number of phenolic OH excluding ortho intramolecular Hbond substituents is 1. The van der Waals surface area contributed by atoms with Crippen molar-refractivity contribution in [1.29, 1.82) is 0 Å². The fourth-order valence-electron chi connectivity index (χ4n) is 2.51.